The molecule has 0 fully saturated rings. The SMILES string of the molecule is COc1ccc(N(Cc2cccs2)C(=O)Cn2c(=O)ccn(Cc3ccccc3)c2=O)cc1. The first-order valence-electron chi connectivity index (χ1n) is 10.4. The first-order valence-corrected chi connectivity index (χ1v) is 11.2. The van der Waals surface area contributed by atoms with Gasteiger partial charge in [-0.2, -0.15) is 0 Å². The molecule has 0 aliphatic carbocycles. The maximum Gasteiger partial charge on any atom is 0.331 e. The van der Waals surface area contributed by atoms with Gasteiger partial charge in [-0.1, -0.05) is 36.4 Å². The Hall–Kier alpha value is -3.91. The van der Waals surface area contributed by atoms with Gasteiger partial charge in [0.15, 0.2) is 0 Å². The minimum Gasteiger partial charge on any atom is -0.497 e. The van der Waals surface area contributed by atoms with Gasteiger partial charge < -0.3 is 9.64 Å². The monoisotopic (exact) mass is 461 g/mol. The van der Waals surface area contributed by atoms with Crippen molar-refractivity contribution in [3.8, 4) is 5.75 Å². The number of nitrogens with zero attached hydrogens (tertiary/aromatic N) is 3. The molecule has 2 aromatic carbocycles. The topological polar surface area (TPSA) is 73.5 Å². The molecule has 7 nitrogen and oxygen atoms in total. The number of anilines is 1. The summed E-state index contributed by atoms with van der Waals surface area (Å²) in [6, 6.07) is 21.8. The Morgan fingerprint density at radius 3 is 2.39 bits per heavy atom. The van der Waals surface area contributed by atoms with Crippen LogP contribution in [0, 0.1) is 0 Å². The number of carbonyl (C=O) groups is 1. The fourth-order valence-corrected chi connectivity index (χ4v) is 4.16. The number of thiophene rings is 1. The van der Waals surface area contributed by atoms with Crippen LogP contribution >= 0.6 is 11.3 Å². The molecule has 0 aliphatic rings. The fraction of sp³-hybridized carbons (Fsp3) is 0.160. The number of methoxy groups -OCH3 is 1. The second kappa shape index (κ2) is 10.1. The lowest BCUT2D eigenvalue weighted by Crippen LogP contribution is -2.44. The molecule has 168 valence electrons. The number of rotatable bonds is 8. The summed E-state index contributed by atoms with van der Waals surface area (Å²) < 4.78 is 7.63. The highest BCUT2D eigenvalue weighted by Crippen LogP contribution is 2.23. The molecule has 0 unspecified atom stereocenters. The Labute approximate surface area is 194 Å². The van der Waals surface area contributed by atoms with Crippen molar-refractivity contribution < 1.29 is 9.53 Å². The van der Waals surface area contributed by atoms with E-state index in [0.29, 0.717) is 24.5 Å². The summed E-state index contributed by atoms with van der Waals surface area (Å²) in [4.78, 5) is 41.5. The van der Waals surface area contributed by atoms with Crippen molar-refractivity contribution >= 4 is 22.9 Å². The highest BCUT2D eigenvalue weighted by Gasteiger charge is 2.20. The molecule has 1 amide bonds. The smallest absolute Gasteiger partial charge is 0.331 e. The van der Waals surface area contributed by atoms with Crippen molar-refractivity contribution in [2.24, 2.45) is 0 Å². The maximum atomic E-state index is 13.4. The van der Waals surface area contributed by atoms with Gasteiger partial charge in [-0.05, 0) is 41.3 Å². The Balaban J connectivity index is 1.63. The molecule has 0 N–H and O–H groups in total. The molecule has 0 radical (unpaired) electrons. The van der Waals surface area contributed by atoms with E-state index in [-0.39, 0.29) is 12.5 Å². The van der Waals surface area contributed by atoms with Gasteiger partial charge in [0, 0.05) is 22.8 Å². The summed E-state index contributed by atoms with van der Waals surface area (Å²) in [6.45, 7) is 0.291. The third-order valence-corrected chi connectivity index (χ3v) is 6.07. The fourth-order valence-electron chi connectivity index (χ4n) is 3.47. The first kappa shape index (κ1) is 22.3. The Morgan fingerprint density at radius 2 is 1.73 bits per heavy atom. The largest absolute Gasteiger partial charge is 0.497 e. The number of ether oxygens (including phenoxy) is 1. The van der Waals surface area contributed by atoms with Gasteiger partial charge in [0.25, 0.3) is 5.56 Å². The lowest BCUT2D eigenvalue weighted by molar-refractivity contribution is -0.119. The van der Waals surface area contributed by atoms with E-state index in [0.717, 1.165) is 15.0 Å². The number of aromatic nitrogens is 2. The van der Waals surface area contributed by atoms with Crippen LogP contribution in [-0.2, 0) is 24.4 Å². The van der Waals surface area contributed by atoms with Gasteiger partial charge in [-0.25, -0.2) is 4.79 Å². The number of hydrogen-bond acceptors (Lipinski definition) is 5. The summed E-state index contributed by atoms with van der Waals surface area (Å²) in [6.07, 6.45) is 1.46. The van der Waals surface area contributed by atoms with Crippen LogP contribution in [0.5, 0.6) is 5.75 Å². The van der Waals surface area contributed by atoms with Crippen molar-refractivity contribution in [1.82, 2.24) is 9.13 Å². The summed E-state index contributed by atoms with van der Waals surface area (Å²) >= 11 is 1.53. The third kappa shape index (κ3) is 5.30. The zero-order valence-electron chi connectivity index (χ0n) is 18.1. The highest BCUT2D eigenvalue weighted by atomic mass is 32.1. The average molecular weight is 462 g/mol. The van der Waals surface area contributed by atoms with E-state index in [9.17, 15) is 14.4 Å². The molecule has 0 saturated carbocycles. The third-order valence-electron chi connectivity index (χ3n) is 5.21. The summed E-state index contributed by atoms with van der Waals surface area (Å²) in [7, 11) is 1.58. The minimum atomic E-state index is -0.523. The average Bonchev–Trinajstić information content (AvgIpc) is 3.36. The molecule has 33 heavy (non-hydrogen) atoms. The van der Waals surface area contributed by atoms with Crippen molar-refractivity contribution in [2.75, 3.05) is 12.0 Å². The lowest BCUT2D eigenvalue weighted by atomic mass is 10.2. The number of carbonyl (C=O) groups excluding carboxylic acids is 1. The summed E-state index contributed by atoms with van der Waals surface area (Å²) in [5.74, 6) is 0.315. The maximum absolute atomic E-state index is 13.4. The van der Waals surface area contributed by atoms with Gasteiger partial charge in [0.2, 0.25) is 5.91 Å². The predicted octanol–water partition coefficient (Wildman–Crippen LogP) is 3.36. The molecule has 0 spiro atoms. The Bertz CT molecular complexity index is 1330. The van der Waals surface area contributed by atoms with E-state index >= 15 is 0 Å². The van der Waals surface area contributed by atoms with Crippen molar-refractivity contribution in [3.05, 3.63) is 116 Å². The van der Waals surface area contributed by atoms with Crippen LogP contribution in [0.2, 0.25) is 0 Å². The van der Waals surface area contributed by atoms with Gasteiger partial charge >= 0.3 is 5.69 Å². The number of hydrogen-bond donors (Lipinski definition) is 0. The zero-order chi connectivity index (χ0) is 23.2. The van der Waals surface area contributed by atoms with Crippen LogP contribution in [0.4, 0.5) is 5.69 Å². The van der Waals surface area contributed by atoms with Crippen LogP contribution in [-0.4, -0.2) is 22.2 Å². The standard InChI is InChI=1S/C25H23N3O4S/c1-32-21-11-9-20(10-12-21)27(17-22-8-5-15-33-22)24(30)18-28-23(29)13-14-26(25(28)31)16-19-6-3-2-4-7-19/h2-15H,16-18H2,1H3. The predicted molar refractivity (Wildman–Crippen MR) is 129 cm³/mol. The van der Waals surface area contributed by atoms with Gasteiger partial charge in [0.1, 0.15) is 12.3 Å². The van der Waals surface area contributed by atoms with Gasteiger partial charge in [-0.3, -0.25) is 18.7 Å². The Kier molecular flexibility index (Phi) is 6.85. The van der Waals surface area contributed by atoms with E-state index < -0.39 is 11.2 Å². The van der Waals surface area contributed by atoms with E-state index in [2.05, 4.69) is 0 Å². The summed E-state index contributed by atoms with van der Waals surface area (Å²) in [5.41, 5.74) is 0.547. The highest BCUT2D eigenvalue weighted by molar-refractivity contribution is 7.09. The molecule has 0 aliphatic heterocycles. The molecule has 2 aromatic heterocycles. The van der Waals surface area contributed by atoms with Crippen molar-refractivity contribution in [1.29, 1.82) is 0 Å². The Morgan fingerprint density at radius 1 is 0.970 bits per heavy atom. The molecule has 8 heteroatoms. The van der Waals surface area contributed by atoms with Crippen LogP contribution in [0.1, 0.15) is 10.4 Å². The number of benzene rings is 2. The molecule has 0 bridgehead atoms. The minimum absolute atomic E-state index is 0.311. The van der Waals surface area contributed by atoms with Gasteiger partial charge in [-0.15, -0.1) is 11.3 Å². The van der Waals surface area contributed by atoms with Crippen LogP contribution < -0.4 is 20.9 Å². The van der Waals surface area contributed by atoms with Gasteiger partial charge in [0.05, 0.1) is 20.2 Å². The van der Waals surface area contributed by atoms with Crippen molar-refractivity contribution in [3.63, 3.8) is 0 Å². The quantitative estimate of drug-likeness (QED) is 0.403. The zero-order valence-corrected chi connectivity index (χ0v) is 18.9. The molecule has 2 heterocycles. The van der Waals surface area contributed by atoms with Crippen LogP contribution in [0.25, 0.3) is 0 Å². The first-order chi connectivity index (χ1) is 16.0. The second-order valence-electron chi connectivity index (χ2n) is 7.39. The van der Waals surface area contributed by atoms with E-state index in [1.165, 1.54) is 28.2 Å². The second-order valence-corrected chi connectivity index (χ2v) is 8.43. The van der Waals surface area contributed by atoms with E-state index in [1.54, 1.807) is 36.3 Å². The van der Waals surface area contributed by atoms with Crippen molar-refractivity contribution in [2.45, 2.75) is 19.6 Å². The molecular weight excluding hydrogens is 438 g/mol. The normalized spacial score (nSPS) is 10.7. The number of amides is 1. The lowest BCUT2D eigenvalue weighted by Gasteiger charge is -2.23. The van der Waals surface area contributed by atoms with E-state index in [1.807, 2.05) is 47.8 Å². The molecular formula is C25H23N3O4S. The van der Waals surface area contributed by atoms with E-state index in [4.69, 9.17) is 4.74 Å². The molecule has 4 rings (SSSR count). The molecule has 4 aromatic rings. The summed E-state index contributed by atoms with van der Waals surface area (Å²) in [5, 5.41) is 1.94. The van der Waals surface area contributed by atoms with Crippen LogP contribution in [0.15, 0.2) is 94.0 Å². The van der Waals surface area contributed by atoms with Crippen LogP contribution in [0.3, 0.4) is 0 Å². The molecule has 0 saturated heterocycles. The molecule has 0 atom stereocenters.